The number of amides is 1. The first-order valence-corrected chi connectivity index (χ1v) is 9.88. The summed E-state index contributed by atoms with van der Waals surface area (Å²) in [6, 6.07) is 13.4. The third kappa shape index (κ3) is 3.55. The highest BCUT2D eigenvalue weighted by Crippen LogP contribution is 2.25. The largest absolute Gasteiger partial charge is 0.349 e. The molecule has 2 unspecified atom stereocenters. The summed E-state index contributed by atoms with van der Waals surface area (Å²) >= 11 is 0. The van der Waals surface area contributed by atoms with Crippen LogP contribution in [0.5, 0.6) is 0 Å². The molecule has 1 aliphatic carbocycles. The maximum absolute atomic E-state index is 12.6. The number of hydrogen-bond acceptors (Lipinski definition) is 3. The zero-order chi connectivity index (χ0) is 16.4. The van der Waals surface area contributed by atoms with Gasteiger partial charge in [0, 0.05) is 17.9 Å². The average Bonchev–Trinajstić information content (AvgIpc) is 2.53. The highest BCUT2D eigenvalue weighted by atomic mass is 32.2. The zero-order valence-corrected chi connectivity index (χ0v) is 14.0. The number of hydrogen-bond donors (Lipinski definition) is 1. The van der Waals surface area contributed by atoms with Gasteiger partial charge in [0.1, 0.15) is 9.84 Å². The summed E-state index contributed by atoms with van der Waals surface area (Å²) in [6.45, 7) is 0. The fourth-order valence-corrected chi connectivity index (χ4v) is 4.53. The van der Waals surface area contributed by atoms with Gasteiger partial charge in [-0.15, -0.1) is 0 Å². The Balaban J connectivity index is 1.78. The van der Waals surface area contributed by atoms with Crippen molar-refractivity contribution in [2.24, 2.45) is 0 Å². The minimum atomic E-state index is -3.05. The molecule has 1 N–H and O–H groups in total. The van der Waals surface area contributed by atoms with E-state index in [2.05, 4.69) is 5.32 Å². The first kappa shape index (κ1) is 16.0. The summed E-state index contributed by atoms with van der Waals surface area (Å²) in [5.41, 5.74) is 0.643. The van der Waals surface area contributed by atoms with E-state index in [4.69, 9.17) is 0 Å². The van der Waals surface area contributed by atoms with Crippen molar-refractivity contribution in [3.8, 4) is 0 Å². The number of carbonyl (C=O) groups is 1. The second kappa shape index (κ2) is 6.32. The molecule has 0 aliphatic heterocycles. The molecule has 0 bridgehead atoms. The Bertz CT molecular complexity index is 824. The minimum Gasteiger partial charge on any atom is -0.349 e. The van der Waals surface area contributed by atoms with Crippen molar-refractivity contribution < 1.29 is 13.2 Å². The zero-order valence-electron chi connectivity index (χ0n) is 13.2. The Morgan fingerprint density at radius 3 is 2.61 bits per heavy atom. The molecule has 0 heterocycles. The van der Waals surface area contributed by atoms with Crippen LogP contribution in [0.1, 0.15) is 36.0 Å². The highest BCUT2D eigenvalue weighted by Gasteiger charge is 2.29. The third-order valence-corrected chi connectivity index (χ3v) is 6.24. The molecule has 0 radical (unpaired) electrons. The number of rotatable bonds is 3. The minimum absolute atomic E-state index is 0.0741. The van der Waals surface area contributed by atoms with Gasteiger partial charge in [-0.2, -0.15) is 0 Å². The molecule has 2 aromatic rings. The van der Waals surface area contributed by atoms with Crippen LogP contribution in [0.4, 0.5) is 0 Å². The summed E-state index contributed by atoms with van der Waals surface area (Å²) in [7, 11) is -3.05. The van der Waals surface area contributed by atoms with Crippen LogP contribution in [0.25, 0.3) is 10.8 Å². The van der Waals surface area contributed by atoms with E-state index in [0.717, 1.165) is 23.6 Å². The standard InChI is InChI=1S/C18H21NO3S/c1-23(21,22)15-9-5-8-14(12-15)19-18(20)17-11-4-7-13-6-2-3-10-16(13)17/h2-4,6-7,10-11,14-15H,5,8-9,12H2,1H3,(H,19,20). The first-order chi connectivity index (χ1) is 10.9. The van der Waals surface area contributed by atoms with Crippen LogP contribution < -0.4 is 5.32 Å². The number of fused-ring (bicyclic) bond motifs is 1. The quantitative estimate of drug-likeness (QED) is 0.940. The van der Waals surface area contributed by atoms with Crippen molar-refractivity contribution in [3.05, 3.63) is 48.0 Å². The fraction of sp³-hybridized carbons (Fsp3) is 0.389. The van der Waals surface area contributed by atoms with E-state index in [0.29, 0.717) is 18.4 Å². The van der Waals surface area contributed by atoms with Gasteiger partial charge in [-0.1, -0.05) is 42.8 Å². The van der Waals surface area contributed by atoms with Crippen LogP contribution >= 0.6 is 0 Å². The van der Waals surface area contributed by atoms with E-state index < -0.39 is 9.84 Å². The topological polar surface area (TPSA) is 63.2 Å². The molecular formula is C18H21NO3S. The van der Waals surface area contributed by atoms with Gasteiger partial charge in [0.2, 0.25) is 0 Å². The Morgan fingerprint density at radius 1 is 1.09 bits per heavy atom. The van der Waals surface area contributed by atoms with E-state index in [1.165, 1.54) is 6.26 Å². The van der Waals surface area contributed by atoms with Gasteiger partial charge in [0.15, 0.2) is 0 Å². The lowest BCUT2D eigenvalue weighted by Crippen LogP contribution is -2.41. The van der Waals surface area contributed by atoms with Crippen molar-refractivity contribution >= 4 is 26.5 Å². The van der Waals surface area contributed by atoms with Crippen LogP contribution in [0.2, 0.25) is 0 Å². The maximum Gasteiger partial charge on any atom is 0.252 e. The van der Waals surface area contributed by atoms with Crippen LogP contribution in [-0.4, -0.2) is 31.9 Å². The van der Waals surface area contributed by atoms with E-state index in [-0.39, 0.29) is 17.2 Å². The van der Waals surface area contributed by atoms with Gasteiger partial charge in [0.25, 0.3) is 5.91 Å². The second-order valence-electron chi connectivity index (χ2n) is 6.32. The van der Waals surface area contributed by atoms with Gasteiger partial charge < -0.3 is 5.32 Å². The molecule has 23 heavy (non-hydrogen) atoms. The van der Waals surface area contributed by atoms with Crippen molar-refractivity contribution in [3.63, 3.8) is 0 Å². The van der Waals surface area contributed by atoms with Gasteiger partial charge >= 0.3 is 0 Å². The molecule has 2 aromatic carbocycles. The van der Waals surface area contributed by atoms with E-state index in [9.17, 15) is 13.2 Å². The smallest absolute Gasteiger partial charge is 0.252 e. The SMILES string of the molecule is CS(=O)(=O)C1CCCC(NC(=O)c2cccc3ccccc23)C1. The summed E-state index contributed by atoms with van der Waals surface area (Å²) in [4.78, 5) is 12.6. The molecule has 3 rings (SSSR count). The van der Waals surface area contributed by atoms with Crippen LogP contribution in [-0.2, 0) is 9.84 Å². The van der Waals surface area contributed by atoms with Gasteiger partial charge in [-0.05, 0) is 36.1 Å². The molecule has 0 aromatic heterocycles. The summed E-state index contributed by atoms with van der Waals surface area (Å²) < 4.78 is 23.5. The molecule has 1 amide bonds. The normalized spacial score (nSPS) is 22.0. The predicted octanol–water partition coefficient (Wildman–Crippen LogP) is 2.93. The lowest BCUT2D eigenvalue weighted by atomic mass is 9.94. The predicted molar refractivity (Wildman–Crippen MR) is 92.3 cm³/mol. The second-order valence-corrected chi connectivity index (χ2v) is 8.64. The fourth-order valence-electron chi connectivity index (χ4n) is 3.35. The Kier molecular flexibility index (Phi) is 4.39. The van der Waals surface area contributed by atoms with Crippen LogP contribution in [0.15, 0.2) is 42.5 Å². The average molecular weight is 331 g/mol. The third-order valence-electron chi connectivity index (χ3n) is 4.60. The van der Waals surface area contributed by atoms with Crippen LogP contribution in [0.3, 0.4) is 0 Å². The van der Waals surface area contributed by atoms with Gasteiger partial charge in [0.05, 0.1) is 5.25 Å². The lowest BCUT2D eigenvalue weighted by molar-refractivity contribution is 0.0929. The molecule has 2 atom stereocenters. The molecule has 4 nitrogen and oxygen atoms in total. The molecule has 5 heteroatoms. The molecule has 1 fully saturated rings. The lowest BCUT2D eigenvalue weighted by Gasteiger charge is -2.28. The molecule has 1 saturated carbocycles. The van der Waals surface area contributed by atoms with Crippen molar-refractivity contribution in [1.29, 1.82) is 0 Å². The molecule has 0 spiro atoms. The molecular weight excluding hydrogens is 310 g/mol. The molecule has 0 saturated heterocycles. The number of carbonyl (C=O) groups excluding carboxylic acids is 1. The Morgan fingerprint density at radius 2 is 1.83 bits per heavy atom. The maximum atomic E-state index is 12.6. The van der Waals surface area contributed by atoms with E-state index in [1.54, 1.807) is 0 Å². The first-order valence-electron chi connectivity index (χ1n) is 7.92. The van der Waals surface area contributed by atoms with Crippen molar-refractivity contribution in [1.82, 2.24) is 5.32 Å². The molecule has 122 valence electrons. The van der Waals surface area contributed by atoms with Gasteiger partial charge in [-0.25, -0.2) is 8.42 Å². The Hall–Kier alpha value is -1.88. The van der Waals surface area contributed by atoms with Crippen molar-refractivity contribution in [2.75, 3.05) is 6.26 Å². The number of nitrogens with one attached hydrogen (secondary N) is 1. The van der Waals surface area contributed by atoms with E-state index in [1.807, 2.05) is 42.5 Å². The Labute approximate surface area is 136 Å². The number of benzene rings is 2. The number of sulfone groups is 1. The van der Waals surface area contributed by atoms with Gasteiger partial charge in [-0.3, -0.25) is 4.79 Å². The van der Waals surface area contributed by atoms with Crippen LogP contribution in [0, 0.1) is 0 Å². The van der Waals surface area contributed by atoms with Crippen molar-refractivity contribution in [2.45, 2.75) is 37.0 Å². The monoisotopic (exact) mass is 331 g/mol. The molecule has 1 aliphatic rings. The summed E-state index contributed by atoms with van der Waals surface area (Å²) in [5.74, 6) is -0.124. The summed E-state index contributed by atoms with van der Waals surface area (Å²) in [6.07, 6.45) is 4.15. The summed E-state index contributed by atoms with van der Waals surface area (Å²) in [5, 5.41) is 4.63. The highest BCUT2D eigenvalue weighted by molar-refractivity contribution is 7.91. The van der Waals surface area contributed by atoms with E-state index >= 15 is 0 Å².